The molecule has 2 amide bonds. The summed E-state index contributed by atoms with van der Waals surface area (Å²) in [6, 6.07) is 2.36. The van der Waals surface area contributed by atoms with Gasteiger partial charge in [0.2, 0.25) is 11.8 Å². The summed E-state index contributed by atoms with van der Waals surface area (Å²) in [5.74, 6) is -1.34. The molecule has 1 aliphatic rings. The average molecular weight is 322 g/mol. The van der Waals surface area contributed by atoms with Crippen molar-refractivity contribution >= 4 is 17.5 Å². The van der Waals surface area contributed by atoms with E-state index in [1.807, 2.05) is 0 Å². The van der Waals surface area contributed by atoms with Gasteiger partial charge in [-0.15, -0.1) is 0 Å². The van der Waals surface area contributed by atoms with Gasteiger partial charge in [0.1, 0.15) is 6.33 Å². The highest BCUT2D eigenvalue weighted by Crippen LogP contribution is 2.38. The highest BCUT2D eigenvalue weighted by atomic mass is 19.4. The Labute approximate surface area is 128 Å². The fraction of sp³-hybridized carbons (Fsp3) is 0.214. The Kier molecular flexibility index (Phi) is 3.55. The van der Waals surface area contributed by atoms with Gasteiger partial charge in [-0.3, -0.25) is 9.59 Å². The molecular formula is C14H9F3N4O2. The van der Waals surface area contributed by atoms with E-state index in [9.17, 15) is 22.8 Å². The molecule has 0 saturated carbocycles. The van der Waals surface area contributed by atoms with Crippen LogP contribution in [0.2, 0.25) is 0 Å². The number of anilines is 1. The zero-order valence-electron chi connectivity index (χ0n) is 11.5. The van der Waals surface area contributed by atoms with E-state index >= 15 is 0 Å². The van der Waals surface area contributed by atoms with Gasteiger partial charge in [-0.2, -0.15) is 13.2 Å². The molecule has 1 fully saturated rings. The van der Waals surface area contributed by atoms with Gasteiger partial charge in [-0.25, -0.2) is 19.9 Å². The third-order valence-electron chi connectivity index (χ3n) is 3.29. The molecule has 23 heavy (non-hydrogen) atoms. The van der Waals surface area contributed by atoms with Gasteiger partial charge in [-0.1, -0.05) is 0 Å². The number of alkyl halides is 3. The zero-order chi connectivity index (χ0) is 16.6. The van der Waals surface area contributed by atoms with Gasteiger partial charge >= 0.3 is 6.18 Å². The van der Waals surface area contributed by atoms with Crippen molar-refractivity contribution in [1.29, 1.82) is 0 Å². The average Bonchev–Trinajstić information content (AvgIpc) is 2.86. The molecule has 0 bridgehead atoms. The summed E-state index contributed by atoms with van der Waals surface area (Å²) in [5.41, 5.74) is -1.54. The first-order chi connectivity index (χ1) is 10.9. The Morgan fingerprint density at radius 2 is 1.61 bits per heavy atom. The molecule has 0 unspecified atom stereocenters. The van der Waals surface area contributed by atoms with E-state index in [4.69, 9.17) is 0 Å². The minimum absolute atomic E-state index is 0.000713. The van der Waals surface area contributed by atoms with Crippen molar-refractivity contribution in [2.24, 2.45) is 0 Å². The highest BCUT2D eigenvalue weighted by molar-refractivity contribution is 6.20. The number of carbonyl (C=O) groups is 2. The molecule has 0 aromatic carbocycles. The number of amides is 2. The predicted octanol–water partition coefficient (Wildman–Crippen LogP) is 2.21. The Balaban J connectivity index is 2.14. The monoisotopic (exact) mass is 322 g/mol. The van der Waals surface area contributed by atoms with Crippen LogP contribution in [0.4, 0.5) is 18.9 Å². The lowest BCUT2D eigenvalue weighted by molar-refractivity contribution is -0.140. The molecule has 6 nitrogen and oxygen atoms in total. The Morgan fingerprint density at radius 3 is 2.17 bits per heavy atom. The van der Waals surface area contributed by atoms with Crippen LogP contribution in [0.15, 0.2) is 30.9 Å². The van der Waals surface area contributed by atoms with Gasteiger partial charge in [0.05, 0.1) is 11.4 Å². The number of pyridine rings is 1. The van der Waals surface area contributed by atoms with E-state index < -0.39 is 29.4 Å². The van der Waals surface area contributed by atoms with Crippen LogP contribution in [0.3, 0.4) is 0 Å². The second-order valence-electron chi connectivity index (χ2n) is 4.81. The van der Waals surface area contributed by atoms with Crippen LogP contribution in [0, 0.1) is 0 Å². The minimum atomic E-state index is -4.82. The van der Waals surface area contributed by atoms with Crippen LogP contribution in [0.25, 0.3) is 11.3 Å². The first-order valence-electron chi connectivity index (χ1n) is 6.57. The van der Waals surface area contributed by atoms with Gasteiger partial charge < -0.3 is 0 Å². The number of hydrogen-bond acceptors (Lipinski definition) is 5. The van der Waals surface area contributed by atoms with E-state index in [-0.39, 0.29) is 18.5 Å². The fourth-order valence-electron chi connectivity index (χ4n) is 2.28. The van der Waals surface area contributed by atoms with E-state index in [2.05, 4.69) is 15.0 Å². The van der Waals surface area contributed by atoms with E-state index in [1.54, 1.807) is 0 Å². The number of nitrogens with zero attached hydrogens (tertiary/aromatic N) is 4. The van der Waals surface area contributed by atoms with Gasteiger partial charge in [-0.05, 0) is 12.1 Å². The normalized spacial score (nSPS) is 15.3. The van der Waals surface area contributed by atoms with Crippen molar-refractivity contribution in [3.05, 3.63) is 36.5 Å². The topological polar surface area (TPSA) is 76.1 Å². The highest BCUT2D eigenvalue weighted by Gasteiger charge is 2.41. The maximum absolute atomic E-state index is 13.3. The lowest BCUT2D eigenvalue weighted by Crippen LogP contribution is -2.31. The molecule has 1 aliphatic heterocycles. The van der Waals surface area contributed by atoms with Crippen molar-refractivity contribution in [1.82, 2.24) is 15.0 Å². The zero-order valence-corrected chi connectivity index (χ0v) is 11.5. The van der Waals surface area contributed by atoms with Crippen LogP contribution in [-0.2, 0) is 15.8 Å². The number of carbonyl (C=O) groups excluding carboxylic acids is 2. The second-order valence-corrected chi connectivity index (χ2v) is 4.81. The number of halogens is 3. The van der Waals surface area contributed by atoms with Crippen LogP contribution in [-0.4, -0.2) is 26.8 Å². The van der Waals surface area contributed by atoms with Crippen molar-refractivity contribution in [3.8, 4) is 11.3 Å². The summed E-state index contributed by atoms with van der Waals surface area (Å²) in [6.45, 7) is 0. The van der Waals surface area contributed by atoms with Gasteiger partial charge in [0.15, 0.2) is 5.69 Å². The number of rotatable bonds is 2. The minimum Gasteiger partial charge on any atom is -0.274 e. The van der Waals surface area contributed by atoms with Crippen molar-refractivity contribution in [3.63, 3.8) is 0 Å². The largest absolute Gasteiger partial charge is 0.435 e. The summed E-state index contributed by atoms with van der Waals surface area (Å²) in [7, 11) is 0. The van der Waals surface area contributed by atoms with Crippen LogP contribution in [0.1, 0.15) is 18.5 Å². The van der Waals surface area contributed by atoms with Crippen LogP contribution in [0.5, 0.6) is 0 Å². The maximum atomic E-state index is 13.3. The van der Waals surface area contributed by atoms with Crippen LogP contribution >= 0.6 is 0 Å². The Bertz CT molecular complexity index is 761. The van der Waals surface area contributed by atoms with Crippen molar-refractivity contribution in [2.75, 3.05) is 4.90 Å². The molecule has 0 radical (unpaired) electrons. The first kappa shape index (κ1) is 15.1. The van der Waals surface area contributed by atoms with E-state index in [1.165, 1.54) is 24.8 Å². The number of aromatic nitrogens is 3. The molecule has 2 aromatic rings. The predicted molar refractivity (Wildman–Crippen MR) is 72.0 cm³/mol. The summed E-state index contributed by atoms with van der Waals surface area (Å²) in [4.78, 5) is 35.0. The summed E-state index contributed by atoms with van der Waals surface area (Å²) in [6.07, 6.45) is -1.15. The van der Waals surface area contributed by atoms with Gasteiger partial charge in [0.25, 0.3) is 0 Å². The third-order valence-corrected chi connectivity index (χ3v) is 3.29. The first-order valence-corrected chi connectivity index (χ1v) is 6.57. The SMILES string of the molecule is O=C1CCC(=O)N1c1ccc(-c2cncnc2)nc1C(F)(F)F. The molecule has 0 N–H and O–H groups in total. The van der Waals surface area contributed by atoms with E-state index in [0.717, 1.165) is 6.07 Å². The van der Waals surface area contributed by atoms with Gasteiger partial charge in [0, 0.05) is 30.8 Å². The molecule has 0 spiro atoms. The van der Waals surface area contributed by atoms with Crippen LogP contribution < -0.4 is 4.90 Å². The fourth-order valence-corrected chi connectivity index (χ4v) is 2.28. The van der Waals surface area contributed by atoms with Crippen molar-refractivity contribution < 1.29 is 22.8 Å². The Morgan fingerprint density at radius 1 is 1.00 bits per heavy atom. The molecule has 2 aromatic heterocycles. The standard InChI is InChI=1S/C14H9F3N4O2/c15-14(16,17)13-10(21-11(22)3-4-12(21)23)2-1-9(20-13)8-5-18-7-19-6-8/h1-2,5-7H,3-4H2. The molecule has 3 heterocycles. The lowest BCUT2D eigenvalue weighted by atomic mass is 10.1. The van der Waals surface area contributed by atoms with E-state index in [0.29, 0.717) is 10.5 Å². The number of imide groups is 1. The lowest BCUT2D eigenvalue weighted by Gasteiger charge is -2.19. The smallest absolute Gasteiger partial charge is 0.274 e. The molecule has 0 aliphatic carbocycles. The summed E-state index contributed by atoms with van der Waals surface area (Å²) >= 11 is 0. The molecule has 1 saturated heterocycles. The second kappa shape index (κ2) is 5.41. The third kappa shape index (κ3) is 2.77. The summed E-state index contributed by atoms with van der Waals surface area (Å²) < 4.78 is 39.9. The molecule has 3 rings (SSSR count). The Hall–Kier alpha value is -2.84. The molecule has 0 atom stereocenters. The quantitative estimate of drug-likeness (QED) is 0.792. The number of hydrogen-bond donors (Lipinski definition) is 0. The molecule has 9 heteroatoms. The maximum Gasteiger partial charge on any atom is 0.435 e. The molecular weight excluding hydrogens is 313 g/mol. The van der Waals surface area contributed by atoms with Crippen molar-refractivity contribution in [2.45, 2.75) is 19.0 Å². The summed E-state index contributed by atoms with van der Waals surface area (Å²) in [5, 5.41) is 0. The molecule has 118 valence electrons.